The summed E-state index contributed by atoms with van der Waals surface area (Å²) in [4.78, 5) is 4.12. The van der Waals surface area contributed by atoms with Gasteiger partial charge in [-0.3, -0.25) is 0 Å². The highest BCUT2D eigenvalue weighted by atomic mass is 35.5. The second-order valence-electron chi connectivity index (χ2n) is 4.56. The fourth-order valence-corrected chi connectivity index (χ4v) is 2.46. The summed E-state index contributed by atoms with van der Waals surface area (Å²) in [6.45, 7) is 5.04. The molecule has 2 heterocycles. The highest BCUT2D eigenvalue weighted by molar-refractivity contribution is 6.32. The Kier molecular flexibility index (Phi) is 4.24. The topological polar surface area (TPSA) is 34.2 Å². The van der Waals surface area contributed by atoms with Crippen molar-refractivity contribution in [3.8, 4) is 0 Å². The number of aromatic nitrogens is 1. The average Bonchev–Trinajstić information content (AvgIpc) is 2.34. The summed E-state index contributed by atoms with van der Waals surface area (Å²) in [7, 11) is 0. The lowest BCUT2D eigenvalue weighted by Crippen LogP contribution is -2.34. The van der Waals surface area contributed by atoms with E-state index in [4.69, 9.17) is 16.3 Å². The van der Waals surface area contributed by atoms with E-state index >= 15 is 0 Å². The monoisotopic (exact) mass is 254 g/mol. The Morgan fingerprint density at radius 2 is 2.41 bits per heavy atom. The van der Waals surface area contributed by atoms with Crippen LogP contribution in [0.2, 0.25) is 5.15 Å². The summed E-state index contributed by atoms with van der Waals surface area (Å²) in [6, 6.07) is 2.42. The first-order chi connectivity index (χ1) is 8.20. The van der Waals surface area contributed by atoms with Gasteiger partial charge in [0.1, 0.15) is 0 Å². The van der Waals surface area contributed by atoms with Gasteiger partial charge in [0, 0.05) is 18.8 Å². The molecule has 2 unspecified atom stereocenters. The van der Waals surface area contributed by atoms with Crippen molar-refractivity contribution in [1.82, 2.24) is 4.98 Å². The number of hydrogen-bond donors (Lipinski definition) is 1. The van der Waals surface area contributed by atoms with Crippen LogP contribution in [0.3, 0.4) is 0 Å². The molecular weight excluding hydrogens is 236 g/mol. The number of nitrogens with one attached hydrogen (secondary N) is 1. The predicted molar refractivity (Wildman–Crippen MR) is 70.7 cm³/mol. The lowest BCUT2D eigenvalue weighted by atomic mass is 10.0. The van der Waals surface area contributed by atoms with Crippen molar-refractivity contribution < 1.29 is 4.74 Å². The van der Waals surface area contributed by atoms with E-state index in [0.29, 0.717) is 17.3 Å². The highest BCUT2D eigenvalue weighted by Gasteiger charge is 2.22. The summed E-state index contributed by atoms with van der Waals surface area (Å²) in [6.07, 6.45) is 5.25. The van der Waals surface area contributed by atoms with E-state index in [9.17, 15) is 0 Å². The van der Waals surface area contributed by atoms with Crippen LogP contribution >= 0.6 is 11.6 Å². The van der Waals surface area contributed by atoms with E-state index in [0.717, 1.165) is 37.1 Å². The Bertz CT molecular complexity index is 363. The van der Waals surface area contributed by atoms with Gasteiger partial charge in [0.25, 0.3) is 0 Å². The quantitative estimate of drug-likeness (QED) is 0.840. The number of nitrogens with zero attached hydrogens (tertiary/aromatic N) is 1. The molecule has 1 aliphatic rings. The number of pyridine rings is 1. The molecule has 2 rings (SSSR count). The van der Waals surface area contributed by atoms with Crippen LogP contribution in [0.4, 0.5) is 5.69 Å². The first kappa shape index (κ1) is 12.7. The average molecular weight is 255 g/mol. The molecule has 0 saturated carbocycles. The number of ether oxygens (including phenoxy) is 1. The summed E-state index contributed by atoms with van der Waals surface area (Å²) >= 11 is 6.11. The van der Waals surface area contributed by atoms with Crippen LogP contribution < -0.4 is 5.32 Å². The molecule has 0 aromatic carbocycles. The zero-order valence-electron chi connectivity index (χ0n) is 10.4. The second-order valence-corrected chi connectivity index (χ2v) is 4.92. The molecule has 1 fully saturated rings. The minimum Gasteiger partial charge on any atom is -0.379 e. The lowest BCUT2D eigenvalue weighted by molar-refractivity contribution is 0.00924. The van der Waals surface area contributed by atoms with Crippen LogP contribution in [0.1, 0.15) is 31.7 Å². The van der Waals surface area contributed by atoms with Crippen molar-refractivity contribution in [3.63, 3.8) is 0 Å². The molecule has 4 heteroatoms. The van der Waals surface area contributed by atoms with Crippen molar-refractivity contribution in [2.75, 3.05) is 11.9 Å². The molecule has 0 spiro atoms. The Labute approximate surface area is 108 Å². The first-order valence-electron chi connectivity index (χ1n) is 6.20. The van der Waals surface area contributed by atoms with E-state index in [1.54, 1.807) is 6.20 Å². The Morgan fingerprint density at radius 3 is 3.12 bits per heavy atom. The molecular formula is C13H19ClN2O. The normalized spacial score (nSPS) is 24.6. The molecule has 0 radical (unpaired) electrons. The summed E-state index contributed by atoms with van der Waals surface area (Å²) in [5, 5.41) is 4.07. The molecule has 1 N–H and O–H groups in total. The third kappa shape index (κ3) is 3.11. The van der Waals surface area contributed by atoms with Crippen LogP contribution in [0.25, 0.3) is 0 Å². The Morgan fingerprint density at radius 1 is 1.59 bits per heavy atom. The number of anilines is 1. The van der Waals surface area contributed by atoms with Gasteiger partial charge in [0.15, 0.2) is 5.15 Å². The lowest BCUT2D eigenvalue weighted by Gasteiger charge is -2.30. The van der Waals surface area contributed by atoms with E-state index in [1.807, 2.05) is 13.0 Å². The van der Waals surface area contributed by atoms with Crippen LogP contribution in [-0.4, -0.2) is 23.7 Å². The maximum Gasteiger partial charge on any atom is 0.152 e. The van der Waals surface area contributed by atoms with Crippen molar-refractivity contribution in [1.29, 1.82) is 0 Å². The van der Waals surface area contributed by atoms with E-state index in [1.165, 1.54) is 0 Å². The van der Waals surface area contributed by atoms with Crippen LogP contribution in [0.5, 0.6) is 0 Å². The predicted octanol–water partition coefficient (Wildman–Crippen LogP) is 3.41. The van der Waals surface area contributed by atoms with Crippen LogP contribution in [0.15, 0.2) is 12.3 Å². The van der Waals surface area contributed by atoms with E-state index < -0.39 is 0 Å². The van der Waals surface area contributed by atoms with Gasteiger partial charge in [-0.2, -0.15) is 0 Å². The zero-order valence-corrected chi connectivity index (χ0v) is 11.1. The first-order valence-corrected chi connectivity index (χ1v) is 6.57. The van der Waals surface area contributed by atoms with Gasteiger partial charge in [-0.15, -0.1) is 0 Å². The zero-order chi connectivity index (χ0) is 12.3. The standard InChI is InChI=1S/C13H19ClN2O/c1-3-11-8-10(5-7-17-11)16-12-9(2)4-6-15-13(12)14/h4,6,10-11,16H,3,5,7-8H2,1-2H3. The molecule has 3 nitrogen and oxygen atoms in total. The molecule has 0 aliphatic carbocycles. The fraction of sp³-hybridized carbons (Fsp3) is 0.615. The number of halogens is 1. The molecule has 1 saturated heterocycles. The minimum atomic E-state index is 0.372. The highest BCUT2D eigenvalue weighted by Crippen LogP contribution is 2.27. The van der Waals surface area contributed by atoms with Crippen LogP contribution in [0, 0.1) is 6.92 Å². The van der Waals surface area contributed by atoms with Crippen molar-refractivity contribution >= 4 is 17.3 Å². The van der Waals surface area contributed by atoms with Gasteiger partial charge in [0.2, 0.25) is 0 Å². The van der Waals surface area contributed by atoms with Gasteiger partial charge >= 0.3 is 0 Å². The smallest absolute Gasteiger partial charge is 0.152 e. The third-order valence-electron chi connectivity index (χ3n) is 3.28. The van der Waals surface area contributed by atoms with E-state index in [2.05, 4.69) is 17.2 Å². The van der Waals surface area contributed by atoms with Gasteiger partial charge < -0.3 is 10.1 Å². The van der Waals surface area contributed by atoms with Gasteiger partial charge in [-0.1, -0.05) is 18.5 Å². The molecule has 17 heavy (non-hydrogen) atoms. The maximum absolute atomic E-state index is 6.11. The largest absolute Gasteiger partial charge is 0.379 e. The molecule has 0 bridgehead atoms. The Hall–Kier alpha value is -0.800. The van der Waals surface area contributed by atoms with Crippen molar-refractivity contribution in [2.24, 2.45) is 0 Å². The fourth-order valence-electron chi connectivity index (χ4n) is 2.20. The third-order valence-corrected chi connectivity index (χ3v) is 3.57. The Balaban J connectivity index is 2.05. The van der Waals surface area contributed by atoms with Gasteiger partial charge in [-0.05, 0) is 37.8 Å². The molecule has 0 amide bonds. The molecule has 1 aromatic heterocycles. The number of rotatable bonds is 3. The number of aryl methyl sites for hydroxylation is 1. The van der Waals surface area contributed by atoms with Gasteiger partial charge in [0.05, 0.1) is 11.8 Å². The SMILES string of the molecule is CCC1CC(Nc2c(C)ccnc2Cl)CCO1. The minimum absolute atomic E-state index is 0.372. The number of hydrogen-bond acceptors (Lipinski definition) is 3. The maximum atomic E-state index is 6.11. The second kappa shape index (κ2) is 5.69. The summed E-state index contributed by atoms with van der Waals surface area (Å²) in [5.41, 5.74) is 2.11. The molecule has 2 atom stereocenters. The van der Waals surface area contributed by atoms with Gasteiger partial charge in [-0.25, -0.2) is 4.98 Å². The van der Waals surface area contributed by atoms with E-state index in [-0.39, 0.29) is 0 Å². The molecule has 1 aromatic rings. The van der Waals surface area contributed by atoms with Crippen molar-refractivity contribution in [3.05, 3.63) is 23.0 Å². The molecule has 1 aliphatic heterocycles. The summed E-state index contributed by atoms with van der Waals surface area (Å²) in [5.74, 6) is 0. The van der Waals surface area contributed by atoms with Crippen molar-refractivity contribution in [2.45, 2.75) is 45.3 Å². The molecule has 94 valence electrons. The van der Waals surface area contributed by atoms with Crippen LogP contribution in [-0.2, 0) is 4.74 Å². The summed E-state index contributed by atoms with van der Waals surface area (Å²) < 4.78 is 5.67.